The number of hydrogen-bond acceptors (Lipinski definition) is 4. The van der Waals surface area contributed by atoms with Crippen LogP contribution in [0.5, 0.6) is 0 Å². The summed E-state index contributed by atoms with van der Waals surface area (Å²) in [5, 5.41) is 10.8. The van der Waals surface area contributed by atoms with E-state index in [9.17, 15) is 0 Å². The van der Waals surface area contributed by atoms with Crippen molar-refractivity contribution >= 4 is 11.4 Å². The molecule has 5 heteroatoms. The molecule has 1 aromatic rings. The van der Waals surface area contributed by atoms with E-state index in [2.05, 4.69) is 27.3 Å². The molecular weight excluding hydrogens is 274 g/mol. The van der Waals surface area contributed by atoms with Crippen LogP contribution < -0.4 is 10.2 Å². The number of anilines is 1. The second kappa shape index (κ2) is 6.92. The summed E-state index contributed by atoms with van der Waals surface area (Å²) in [5.74, 6) is 0. The van der Waals surface area contributed by atoms with Gasteiger partial charge in [-0.3, -0.25) is 0 Å². The average molecular weight is 300 g/mol. The predicted molar refractivity (Wildman–Crippen MR) is 89.4 cm³/mol. The third-order valence-electron chi connectivity index (χ3n) is 4.32. The second-order valence-electron chi connectivity index (χ2n) is 6.12. The third-order valence-corrected chi connectivity index (χ3v) is 4.32. The summed E-state index contributed by atoms with van der Waals surface area (Å²) in [6, 6.07) is 4.46. The van der Waals surface area contributed by atoms with Gasteiger partial charge in [-0.25, -0.2) is 0 Å². The molecule has 0 spiro atoms. The molecule has 2 aliphatic rings. The Hall–Kier alpha value is -1.88. The minimum atomic E-state index is 0.586. The van der Waals surface area contributed by atoms with Crippen LogP contribution in [0.15, 0.2) is 34.8 Å². The number of rotatable bonds is 5. The van der Waals surface area contributed by atoms with Crippen molar-refractivity contribution < 1.29 is 5.32 Å². The van der Waals surface area contributed by atoms with Gasteiger partial charge in [-0.2, -0.15) is 10.2 Å². The summed E-state index contributed by atoms with van der Waals surface area (Å²) < 4.78 is 0. The Kier molecular flexibility index (Phi) is 4.73. The van der Waals surface area contributed by atoms with E-state index in [1.807, 2.05) is 36.7 Å². The molecule has 2 N–H and O–H groups in total. The molecule has 0 unspecified atom stereocenters. The fourth-order valence-corrected chi connectivity index (χ4v) is 3.34. The Bertz CT molecular complexity index is 547. The van der Waals surface area contributed by atoms with Crippen LogP contribution in [0.25, 0.3) is 0 Å². The van der Waals surface area contributed by atoms with Crippen LogP contribution in [0.3, 0.4) is 0 Å². The van der Waals surface area contributed by atoms with E-state index in [-0.39, 0.29) is 0 Å². The van der Waals surface area contributed by atoms with Crippen molar-refractivity contribution in [3.8, 4) is 0 Å². The number of azo groups is 1. The molecule has 22 heavy (non-hydrogen) atoms. The Morgan fingerprint density at radius 2 is 1.91 bits per heavy atom. The minimum absolute atomic E-state index is 0.586. The summed E-state index contributed by atoms with van der Waals surface area (Å²) in [5.41, 5.74) is 5.43. The van der Waals surface area contributed by atoms with Crippen LogP contribution >= 0.6 is 0 Å². The summed E-state index contributed by atoms with van der Waals surface area (Å²) in [6.07, 6.45) is 8.89. The van der Waals surface area contributed by atoms with Crippen LogP contribution in [0.4, 0.5) is 11.4 Å². The first-order valence-corrected chi connectivity index (χ1v) is 8.22. The zero-order valence-electron chi connectivity index (χ0n) is 13.6. The zero-order chi connectivity index (χ0) is 15.4. The van der Waals surface area contributed by atoms with E-state index in [1.165, 1.54) is 55.6 Å². The highest BCUT2D eigenvalue weighted by atomic mass is 15.2. The van der Waals surface area contributed by atoms with Crippen molar-refractivity contribution in [3.05, 3.63) is 35.7 Å². The number of quaternary nitrogens is 1. The fourth-order valence-electron chi connectivity index (χ4n) is 3.34. The van der Waals surface area contributed by atoms with Gasteiger partial charge in [-0.15, -0.1) is 0 Å². The van der Waals surface area contributed by atoms with Crippen molar-refractivity contribution in [3.63, 3.8) is 0 Å². The normalized spacial score (nSPS) is 17.3. The zero-order valence-corrected chi connectivity index (χ0v) is 13.6. The molecule has 5 nitrogen and oxygen atoms in total. The smallest absolute Gasteiger partial charge is 0.131 e. The van der Waals surface area contributed by atoms with E-state index in [4.69, 9.17) is 0 Å². The number of nitrogens with zero attached hydrogens (tertiary/aromatic N) is 4. The van der Waals surface area contributed by atoms with Gasteiger partial charge in [0.25, 0.3) is 0 Å². The summed E-state index contributed by atoms with van der Waals surface area (Å²) in [4.78, 5) is 4.58. The van der Waals surface area contributed by atoms with E-state index in [0.717, 1.165) is 5.69 Å². The molecule has 0 bridgehead atoms. The molecule has 0 amide bonds. The summed E-state index contributed by atoms with van der Waals surface area (Å²) >= 11 is 0. The molecule has 0 fully saturated rings. The Morgan fingerprint density at radius 1 is 1.23 bits per heavy atom. The monoisotopic (exact) mass is 300 g/mol. The molecule has 2 heterocycles. The van der Waals surface area contributed by atoms with Crippen molar-refractivity contribution in [2.45, 2.75) is 25.7 Å². The van der Waals surface area contributed by atoms with Crippen molar-refractivity contribution in [1.82, 2.24) is 4.90 Å². The van der Waals surface area contributed by atoms with E-state index < -0.39 is 0 Å². The van der Waals surface area contributed by atoms with Gasteiger partial charge in [0, 0.05) is 25.8 Å². The topological polar surface area (TPSA) is 47.8 Å². The Morgan fingerprint density at radius 3 is 2.55 bits per heavy atom. The first-order valence-electron chi connectivity index (χ1n) is 8.22. The van der Waals surface area contributed by atoms with Crippen LogP contribution in [-0.4, -0.2) is 38.8 Å². The number of hydrogen-bond donors (Lipinski definition) is 1. The molecular formula is C17H26N5+. The molecule has 118 valence electrons. The van der Waals surface area contributed by atoms with Crippen LogP contribution in [0.1, 0.15) is 24.0 Å². The van der Waals surface area contributed by atoms with Gasteiger partial charge in [0.05, 0.1) is 18.9 Å². The van der Waals surface area contributed by atoms with Gasteiger partial charge >= 0.3 is 0 Å². The largest absolute Gasteiger partial charge is 0.371 e. The van der Waals surface area contributed by atoms with E-state index in [0.29, 0.717) is 6.67 Å². The van der Waals surface area contributed by atoms with E-state index in [1.54, 1.807) is 0 Å². The number of benzene rings is 1. The van der Waals surface area contributed by atoms with Gasteiger partial charge in [0.15, 0.2) is 0 Å². The lowest BCUT2D eigenvalue weighted by atomic mass is 9.91. The van der Waals surface area contributed by atoms with E-state index >= 15 is 0 Å². The molecule has 0 saturated carbocycles. The first kappa shape index (κ1) is 15.0. The van der Waals surface area contributed by atoms with Crippen LogP contribution in [0.2, 0.25) is 0 Å². The first-order chi connectivity index (χ1) is 10.8. The van der Waals surface area contributed by atoms with Crippen LogP contribution in [0, 0.1) is 0 Å². The minimum Gasteiger partial charge on any atom is -0.371 e. The van der Waals surface area contributed by atoms with Gasteiger partial charge in [0.1, 0.15) is 12.9 Å². The highest BCUT2D eigenvalue weighted by Gasteiger charge is 2.24. The van der Waals surface area contributed by atoms with Gasteiger partial charge in [0.2, 0.25) is 0 Å². The third kappa shape index (κ3) is 3.30. The Balaban J connectivity index is 1.74. The summed E-state index contributed by atoms with van der Waals surface area (Å²) in [6.45, 7) is 3.02. The quantitative estimate of drug-likeness (QED) is 0.846. The molecule has 0 aromatic heterocycles. The molecule has 0 radical (unpaired) electrons. The molecule has 2 aliphatic heterocycles. The molecule has 3 rings (SSSR count). The van der Waals surface area contributed by atoms with Gasteiger partial charge in [-0.1, -0.05) is 0 Å². The lowest BCUT2D eigenvalue weighted by molar-refractivity contribution is -0.557. The molecule has 0 saturated heterocycles. The van der Waals surface area contributed by atoms with Crippen molar-refractivity contribution in [1.29, 1.82) is 0 Å². The predicted octanol–water partition coefficient (Wildman–Crippen LogP) is 2.02. The highest BCUT2D eigenvalue weighted by molar-refractivity contribution is 5.67. The van der Waals surface area contributed by atoms with Gasteiger partial charge < -0.3 is 15.1 Å². The van der Waals surface area contributed by atoms with Crippen LogP contribution in [-0.2, 0) is 12.8 Å². The Labute approximate surface area is 132 Å². The maximum absolute atomic E-state index is 4.44. The molecule has 0 aliphatic carbocycles. The standard InChI is InChI=1S/C17H25N5/c1-18-7-10-21(2)13-19-20-16-11-14-5-3-8-22-9-4-6-15(12-16)17(14)22/h7,10-12,18H,3-6,8-9,13H2,1-2H3/p+1/b10-7-,20-19?. The lowest BCUT2D eigenvalue weighted by Gasteiger charge is -2.36. The van der Waals surface area contributed by atoms with Crippen molar-refractivity contribution in [2.24, 2.45) is 10.2 Å². The highest BCUT2D eigenvalue weighted by Crippen LogP contribution is 2.38. The van der Waals surface area contributed by atoms with Gasteiger partial charge in [-0.05, 0) is 48.9 Å². The lowest BCUT2D eigenvalue weighted by Crippen LogP contribution is -2.72. The maximum atomic E-state index is 4.44. The maximum Gasteiger partial charge on any atom is 0.131 e. The average Bonchev–Trinajstić information content (AvgIpc) is 2.53. The fraction of sp³-hybridized carbons (Fsp3) is 0.529. The molecule has 0 atom stereocenters. The SMILES string of the molecule is C[NH2+]/C=C\N(C)CN=Nc1cc2c3c(c1)CCCN3CCC2. The number of aryl methyl sites for hydroxylation is 2. The van der Waals surface area contributed by atoms with Crippen molar-refractivity contribution in [2.75, 3.05) is 38.8 Å². The molecule has 1 aromatic carbocycles. The number of nitrogens with two attached hydrogens (primary N) is 1. The second-order valence-corrected chi connectivity index (χ2v) is 6.12. The summed E-state index contributed by atoms with van der Waals surface area (Å²) in [7, 11) is 4.02.